The molecular formula is C17H9Cl3F3NO3. The molecule has 1 amide bonds. The molecule has 2 aromatic carbocycles. The minimum Gasteiger partial charge on any atom is -0.478 e. The minimum absolute atomic E-state index is 0.172. The fraction of sp³-hybridized carbons (Fsp3) is 0.176. The molecule has 0 aromatic heterocycles. The second-order valence-electron chi connectivity index (χ2n) is 5.92. The van der Waals surface area contributed by atoms with E-state index in [1.165, 1.54) is 12.1 Å². The van der Waals surface area contributed by atoms with Crippen molar-refractivity contribution < 1.29 is 27.9 Å². The summed E-state index contributed by atoms with van der Waals surface area (Å²) in [7, 11) is 0. The highest BCUT2D eigenvalue weighted by molar-refractivity contribution is 6.53. The molecule has 142 valence electrons. The van der Waals surface area contributed by atoms with Crippen molar-refractivity contribution >= 4 is 52.4 Å². The fourth-order valence-electron chi connectivity index (χ4n) is 2.81. The highest BCUT2D eigenvalue weighted by atomic mass is 35.5. The number of carboxylic acids is 1. The van der Waals surface area contributed by atoms with Crippen LogP contribution in [0.3, 0.4) is 0 Å². The van der Waals surface area contributed by atoms with E-state index in [9.17, 15) is 22.8 Å². The van der Waals surface area contributed by atoms with Gasteiger partial charge in [0.1, 0.15) is 15.7 Å². The van der Waals surface area contributed by atoms with Gasteiger partial charge in [0, 0.05) is 17.7 Å². The Morgan fingerprint density at radius 1 is 1.07 bits per heavy atom. The summed E-state index contributed by atoms with van der Waals surface area (Å²) >= 11 is 18.0. The van der Waals surface area contributed by atoms with E-state index in [0.717, 1.165) is 12.1 Å². The van der Waals surface area contributed by atoms with Crippen molar-refractivity contribution in [2.75, 3.05) is 5.32 Å². The fourth-order valence-corrected chi connectivity index (χ4v) is 3.83. The van der Waals surface area contributed by atoms with Gasteiger partial charge < -0.3 is 10.4 Å². The number of benzene rings is 2. The molecule has 10 heteroatoms. The lowest BCUT2D eigenvalue weighted by molar-refractivity contribution is -0.117. The first-order chi connectivity index (χ1) is 12.5. The molecule has 4 nitrogen and oxygen atoms in total. The Hall–Kier alpha value is -1.96. The van der Waals surface area contributed by atoms with Crippen LogP contribution in [0, 0.1) is 23.4 Å². The molecule has 0 heterocycles. The first-order valence-corrected chi connectivity index (χ1v) is 8.53. The van der Waals surface area contributed by atoms with Gasteiger partial charge in [-0.2, -0.15) is 0 Å². The van der Waals surface area contributed by atoms with Gasteiger partial charge in [0.2, 0.25) is 5.91 Å². The summed E-state index contributed by atoms with van der Waals surface area (Å²) in [5, 5.41) is 11.0. The summed E-state index contributed by atoms with van der Waals surface area (Å²) < 4.78 is 38.8. The molecule has 2 N–H and O–H groups in total. The van der Waals surface area contributed by atoms with Crippen molar-refractivity contribution in [1.82, 2.24) is 0 Å². The molecular weight excluding hydrogens is 430 g/mol. The normalized spacial score (nSPS) is 20.2. The van der Waals surface area contributed by atoms with Gasteiger partial charge in [0.15, 0.2) is 11.6 Å². The molecule has 1 aliphatic rings. The molecule has 2 aromatic rings. The summed E-state index contributed by atoms with van der Waals surface area (Å²) in [5.41, 5.74) is -0.794. The SMILES string of the molecule is O=C(O)c1cc(NC(=O)C2[C@@H](c3ccc(F)c(Cl)c3)C2(Cl)Cl)cc(F)c1F. The van der Waals surface area contributed by atoms with E-state index in [1.807, 2.05) is 0 Å². The average molecular weight is 439 g/mol. The number of amides is 1. The van der Waals surface area contributed by atoms with Crippen molar-refractivity contribution in [2.24, 2.45) is 5.92 Å². The zero-order valence-electron chi connectivity index (χ0n) is 13.1. The minimum atomic E-state index is -1.70. The number of aromatic carboxylic acids is 1. The number of carbonyl (C=O) groups excluding carboxylic acids is 1. The van der Waals surface area contributed by atoms with E-state index in [4.69, 9.17) is 39.9 Å². The second-order valence-corrected chi connectivity index (χ2v) is 7.77. The zero-order valence-corrected chi connectivity index (χ0v) is 15.3. The summed E-state index contributed by atoms with van der Waals surface area (Å²) in [6, 6.07) is 5.17. The molecule has 1 saturated carbocycles. The Balaban J connectivity index is 1.84. The van der Waals surface area contributed by atoms with Crippen LogP contribution in [0.5, 0.6) is 0 Å². The Morgan fingerprint density at radius 2 is 1.74 bits per heavy atom. The van der Waals surface area contributed by atoms with E-state index in [-0.39, 0.29) is 10.7 Å². The number of carboxylic acid groups (broad SMARTS) is 1. The van der Waals surface area contributed by atoms with Gasteiger partial charge in [-0.05, 0) is 23.8 Å². The lowest BCUT2D eigenvalue weighted by Gasteiger charge is -2.08. The number of carbonyl (C=O) groups is 2. The van der Waals surface area contributed by atoms with E-state index in [1.54, 1.807) is 0 Å². The van der Waals surface area contributed by atoms with Gasteiger partial charge >= 0.3 is 5.97 Å². The van der Waals surface area contributed by atoms with Crippen molar-refractivity contribution in [2.45, 2.75) is 10.3 Å². The lowest BCUT2D eigenvalue weighted by Crippen LogP contribution is -2.18. The van der Waals surface area contributed by atoms with Crippen LogP contribution in [0.4, 0.5) is 18.9 Å². The number of hydrogen-bond donors (Lipinski definition) is 2. The number of alkyl halides is 2. The Labute approximate surface area is 165 Å². The molecule has 0 saturated heterocycles. The van der Waals surface area contributed by atoms with Crippen LogP contribution in [-0.2, 0) is 4.79 Å². The van der Waals surface area contributed by atoms with E-state index in [2.05, 4.69) is 5.32 Å². The van der Waals surface area contributed by atoms with Gasteiger partial charge in [-0.25, -0.2) is 18.0 Å². The van der Waals surface area contributed by atoms with Gasteiger partial charge in [-0.1, -0.05) is 17.7 Å². The topological polar surface area (TPSA) is 66.4 Å². The Bertz CT molecular complexity index is 968. The van der Waals surface area contributed by atoms with Crippen LogP contribution >= 0.6 is 34.8 Å². The standard InChI is InChI=1S/C17H9Cl3F3NO3/c18-9-3-6(1-2-10(9)21)12-13(17(12,19)20)15(25)24-7-4-8(16(26)27)14(23)11(22)5-7/h1-5,12-13H,(H,24,25)(H,26,27)/t12-,13?/m1/s1. The van der Waals surface area contributed by atoms with Crippen molar-refractivity contribution in [3.63, 3.8) is 0 Å². The van der Waals surface area contributed by atoms with Crippen molar-refractivity contribution in [3.8, 4) is 0 Å². The monoisotopic (exact) mass is 437 g/mol. The smallest absolute Gasteiger partial charge is 0.338 e. The molecule has 0 radical (unpaired) electrons. The molecule has 1 fully saturated rings. The van der Waals surface area contributed by atoms with E-state index in [0.29, 0.717) is 11.6 Å². The molecule has 0 bridgehead atoms. The van der Waals surface area contributed by atoms with E-state index >= 15 is 0 Å². The molecule has 0 aliphatic heterocycles. The summed E-state index contributed by atoms with van der Waals surface area (Å²) in [6.07, 6.45) is 0. The third-order valence-corrected chi connectivity index (χ3v) is 5.39. The molecule has 2 atom stereocenters. The third-order valence-electron chi connectivity index (χ3n) is 4.16. The number of nitrogens with one attached hydrogen (secondary N) is 1. The first-order valence-electron chi connectivity index (χ1n) is 7.40. The summed E-state index contributed by atoms with van der Waals surface area (Å²) in [4.78, 5) is 23.4. The van der Waals surface area contributed by atoms with E-state index < -0.39 is 51.1 Å². The highest BCUT2D eigenvalue weighted by Crippen LogP contribution is 2.65. The number of anilines is 1. The predicted molar refractivity (Wildman–Crippen MR) is 94.0 cm³/mol. The first kappa shape index (κ1) is 19.8. The quantitative estimate of drug-likeness (QED) is 0.662. The predicted octanol–water partition coefficient (Wildman–Crippen LogP) is 4.98. The van der Waals surface area contributed by atoms with Crippen LogP contribution in [0.1, 0.15) is 21.8 Å². The highest BCUT2D eigenvalue weighted by Gasteiger charge is 2.67. The van der Waals surface area contributed by atoms with Crippen LogP contribution in [-0.4, -0.2) is 21.3 Å². The van der Waals surface area contributed by atoms with Crippen LogP contribution in [0.15, 0.2) is 30.3 Å². The van der Waals surface area contributed by atoms with Gasteiger partial charge in [-0.3, -0.25) is 4.79 Å². The molecule has 1 aliphatic carbocycles. The number of hydrogen-bond acceptors (Lipinski definition) is 2. The second kappa shape index (κ2) is 6.89. The maximum absolute atomic E-state index is 13.6. The molecule has 27 heavy (non-hydrogen) atoms. The van der Waals surface area contributed by atoms with Crippen LogP contribution in [0.25, 0.3) is 0 Å². The third kappa shape index (κ3) is 3.59. The average Bonchev–Trinajstić information content (AvgIpc) is 3.15. The van der Waals surface area contributed by atoms with Gasteiger partial charge in [-0.15, -0.1) is 23.2 Å². The Kier molecular flexibility index (Phi) is 5.05. The lowest BCUT2D eigenvalue weighted by atomic mass is 10.1. The Morgan fingerprint density at radius 3 is 2.33 bits per heavy atom. The van der Waals surface area contributed by atoms with Gasteiger partial charge in [0.05, 0.1) is 10.9 Å². The summed E-state index contributed by atoms with van der Waals surface area (Å²) in [6.45, 7) is 0. The molecule has 0 spiro atoms. The largest absolute Gasteiger partial charge is 0.478 e. The number of rotatable bonds is 4. The maximum Gasteiger partial charge on any atom is 0.338 e. The van der Waals surface area contributed by atoms with Crippen LogP contribution < -0.4 is 5.32 Å². The van der Waals surface area contributed by atoms with Gasteiger partial charge in [0.25, 0.3) is 0 Å². The molecule has 3 rings (SSSR count). The van der Waals surface area contributed by atoms with Crippen molar-refractivity contribution in [3.05, 3.63) is 63.9 Å². The molecule has 1 unspecified atom stereocenters. The van der Waals surface area contributed by atoms with Crippen molar-refractivity contribution in [1.29, 1.82) is 0 Å². The maximum atomic E-state index is 13.6. The number of halogens is 6. The zero-order chi connectivity index (χ0) is 20.1. The summed E-state index contributed by atoms with van der Waals surface area (Å²) in [5.74, 6) is -7.79. The van der Waals surface area contributed by atoms with Crippen LogP contribution in [0.2, 0.25) is 5.02 Å².